The number of unbranched alkanes of at least 4 members (excludes halogenated alkanes) is 3. The summed E-state index contributed by atoms with van der Waals surface area (Å²) in [5.74, 6) is 0. The molecule has 0 radical (unpaired) electrons. The minimum Gasteiger partial charge on any atom is -0.381 e. The Hall–Kier alpha value is -0.340. The molecule has 1 N–H and O–H groups in total. The monoisotopic (exact) mass is 199 g/mol. The summed E-state index contributed by atoms with van der Waals surface area (Å²) in [7, 11) is 0. The van der Waals surface area contributed by atoms with Gasteiger partial charge in [-0.25, -0.2) is 0 Å². The van der Waals surface area contributed by atoms with E-state index in [4.69, 9.17) is 4.74 Å². The maximum Gasteiger partial charge on any atom is 0.0468 e. The summed E-state index contributed by atoms with van der Waals surface area (Å²) in [6, 6.07) is 0. The molecule has 0 fully saturated rings. The van der Waals surface area contributed by atoms with Crippen molar-refractivity contribution >= 4 is 0 Å². The lowest BCUT2D eigenvalue weighted by atomic mass is 10.2. The van der Waals surface area contributed by atoms with Gasteiger partial charge in [-0.15, -0.1) is 6.58 Å². The molecule has 0 atom stereocenters. The minimum atomic E-state index is 0.888. The molecule has 14 heavy (non-hydrogen) atoms. The van der Waals surface area contributed by atoms with E-state index in [1.165, 1.54) is 19.3 Å². The van der Waals surface area contributed by atoms with E-state index >= 15 is 0 Å². The first-order valence-corrected chi connectivity index (χ1v) is 5.81. The molecule has 0 aliphatic rings. The summed E-state index contributed by atoms with van der Waals surface area (Å²) in [6.45, 7) is 9.85. The van der Waals surface area contributed by atoms with Crippen molar-refractivity contribution in [3.63, 3.8) is 0 Å². The lowest BCUT2D eigenvalue weighted by Crippen LogP contribution is -2.13. The molecular weight excluding hydrogens is 174 g/mol. The average molecular weight is 199 g/mol. The van der Waals surface area contributed by atoms with Gasteiger partial charge in [0.2, 0.25) is 0 Å². The van der Waals surface area contributed by atoms with Crippen LogP contribution in [0.25, 0.3) is 0 Å². The number of allylic oxidation sites excluding steroid dienone is 1. The van der Waals surface area contributed by atoms with Crippen LogP contribution in [0.4, 0.5) is 0 Å². The topological polar surface area (TPSA) is 21.3 Å². The molecule has 0 unspecified atom stereocenters. The Kier molecular flexibility index (Phi) is 12.4. The Labute approximate surface area is 88.7 Å². The van der Waals surface area contributed by atoms with Crippen LogP contribution < -0.4 is 5.32 Å². The first-order valence-electron chi connectivity index (χ1n) is 5.81. The molecule has 0 aromatic carbocycles. The number of rotatable bonds is 11. The van der Waals surface area contributed by atoms with Gasteiger partial charge in [-0.2, -0.15) is 0 Å². The maximum atomic E-state index is 5.47. The fourth-order valence-electron chi connectivity index (χ4n) is 1.24. The van der Waals surface area contributed by atoms with E-state index in [0.717, 1.165) is 39.1 Å². The Morgan fingerprint density at radius 1 is 1.14 bits per heavy atom. The molecule has 0 rings (SSSR count). The van der Waals surface area contributed by atoms with Gasteiger partial charge in [0, 0.05) is 13.2 Å². The first-order chi connectivity index (χ1) is 6.91. The fraction of sp³-hybridized carbons (Fsp3) is 0.833. The Bertz CT molecular complexity index is 115. The number of hydrogen-bond donors (Lipinski definition) is 1. The highest BCUT2D eigenvalue weighted by molar-refractivity contribution is 4.64. The van der Waals surface area contributed by atoms with Gasteiger partial charge in [0.25, 0.3) is 0 Å². The van der Waals surface area contributed by atoms with E-state index in [2.05, 4.69) is 18.8 Å². The van der Waals surface area contributed by atoms with E-state index in [9.17, 15) is 0 Å². The van der Waals surface area contributed by atoms with E-state index < -0.39 is 0 Å². The fourth-order valence-corrected chi connectivity index (χ4v) is 1.24. The van der Waals surface area contributed by atoms with Gasteiger partial charge < -0.3 is 10.1 Å². The number of ether oxygens (including phenoxy) is 1. The summed E-state index contributed by atoms with van der Waals surface area (Å²) < 4.78 is 5.47. The molecular formula is C12H25NO. The molecule has 84 valence electrons. The zero-order valence-electron chi connectivity index (χ0n) is 9.56. The summed E-state index contributed by atoms with van der Waals surface area (Å²) in [5, 5.41) is 3.32. The predicted octanol–water partition coefficient (Wildman–Crippen LogP) is 2.75. The van der Waals surface area contributed by atoms with Crippen molar-refractivity contribution in [1.29, 1.82) is 0 Å². The van der Waals surface area contributed by atoms with Gasteiger partial charge in [0.05, 0.1) is 0 Å². The normalized spacial score (nSPS) is 10.4. The summed E-state index contributed by atoms with van der Waals surface area (Å²) in [6.07, 6.45) is 7.86. The van der Waals surface area contributed by atoms with Crippen molar-refractivity contribution in [3.8, 4) is 0 Å². The van der Waals surface area contributed by atoms with Crippen molar-refractivity contribution in [1.82, 2.24) is 5.32 Å². The lowest BCUT2D eigenvalue weighted by molar-refractivity contribution is 0.128. The van der Waals surface area contributed by atoms with Crippen molar-refractivity contribution < 1.29 is 4.74 Å². The van der Waals surface area contributed by atoms with E-state index in [-0.39, 0.29) is 0 Å². The van der Waals surface area contributed by atoms with E-state index in [1.54, 1.807) is 0 Å². The highest BCUT2D eigenvalue weighted by atomic mass is 16.5. The SMILES string of the molecule is C=CCCCOCCCCCNCC. The molecule has 0 aromatic rings. The van der Waals surface area contributed by atoms with Crippen LogP contribution in [0.5, 0.6) is 0 Å². The quantitative estimate of drug-likeness (QED) is 0.408. The van der Waals surface area contributed by atoms with Crippen molar-refractivity contribution in [2.75, 3.05) is 26.3 Å². The van der Waals surface area contributed by atoms with Gasteiger partial charge in [0.15, 0.2) is 0 Å². The van der Waals surface area contributed by atoms with Crippen molar-refractivity contribution in [2.45, 2.75) is 39.0 Å². The summed E-state index contributed by atoms with van der Waals surface area (Å²) >= 11 is 0. The largest absolute Gasteiger partial charge is 0.381 e. The maximum absolute atomic E-state index is 5.47. The second-order valence-corrected chi connectivity index (χ2v) is 3.46. The van der Waals surface area contributed by atoms with Crippen LogP contribution in [0.2, 0.25) is 0 Å². The van der Waals surface area contributed by atoms with E-state index in [1.807, 2.05) is 6.08 Å². The molecule has 0 aliphatic heterocycles. The Morgan fingerprint density at radius 3 is 2.64 bits per heavy atom. The number of nitrogens with one attached hydrogen (secondary N) is 1. The highest BCUT2D eigenvalue weighted by Crippen LogP contribution is 1.96. The predicted molar refractivity (Wildman–Crippen MR) is 62.6 cm³/mol. The lowest BCUT2D eigenvalue weighted by Gasteiger charge is -2.03. The molecule has 0 saturated heterocycles. The zero-order valence-corrected chi connectivity index (χ0v) is 9.56. The van der Waals surface area contributed by atoms with Gasteiger partial charge in [-0.05, 0) is 45.2 Å². The smallest absolute Gasteiger partial charge is 0.0468 e. The van der Waals surface area contributed by atoms with Crippen LogP contribution in [-0.4, -0.2) is 26.3 Å². The van der Waals surface area contributed by atoms with E-state index in [0.29, 0.717) is 0 Å². The Morgan fingerprint density at radius 2 is 1.93 bits per heavy atom. The molecule has 0 aromatic heterocycles. The van der Waals surface area contributed by atoms with Gasteiger partial charge in [0.1, 0.15) is 0 Å². The third-order valence-electron chi connectivity index (χ3n) is 2.09. The molecule has 0 bridgehead atoms. The molecule has 0 spiro atoms. The van der Waals surface area contributed by atoms with Gasteiger partial charge >= 0.3 is 0 Å². The summed E-state index contributed by atoms with van der Waals surface area (Å²) in [4.78, 5) is 0. The van der Waals surface area contributed by atoms with Crippen LogP contribution in [0.15, 0.2) is 12.7 Å². The third-order valence-corrected chi connectivity index (χ3v) is 2.09. The molecule has 0 heterocycles. The van der Waals surface area contributed by atoms with Crippen LogP contribution in [0.3, 0.4) is 0 Å². The standard InChI is InChI=1S/C12H25NO/c1-3-5-8-11-14-12-9-6-7-10-13-4-2/h3,13H,1,4-12H2,2H3. The number of hydrogen-bond acceptors (Lipinski definition) is 2. The average Bonchev–Trinajstić information content (AvgIpc) is 2.21. The van der Waals surface area contributed by atoms with Crippen LogP contribution in [-0.2, 0) is 4.74 Å². The highest BCUT2D eigenvalue weighted by Gasteiger charge is 1.90. The second kappa shape index (κ2) is 12.7. The third kappa shape index (κ3) is 11.7. The Balaban J connectivity index is 2.81. The molecule has 0 saturated carbocycles. The second-order valence-electron chi connectivity index (χ2n) is 3.46. The molecule has 2 nitrogen and oxygen atoms in total. The van der Waals surface area contributed by atoms with Crippen molar-refractivity contribution in [3.05, 3.63) is 12.7 Å². The minimum absolute atomic E-state index is 0.888. The molecule has 2 heteroatoms. The molecule has 0 aliphatic carbocycles. The van der Waals surface area contributed by atoms with Crippen LogP contribution >= 0.6 is 0 Å². The van der Waals surface area contributed by atoms with Gasteiger partial charge in [-0.1, -0.05) is 13.0 Å². The van der Waals surface area contributed by atoms with Gasteiger partial charge in [-0.3, -0.25) is 0 Å². The van der Waals surface area contributed by atoms with Crippen molar-refractivity contribution in [2.24, 2.45) is 0 Å². The zero-order chi connectivity index (χ0) is 10.5. The van der Waals surface area contributed by atoms with Crippen LogP contribution in [0, 0.1) is 0 Å². The van der Waals surface area contributed by atoms with Crippen LogP contribution in [0.1, 0.15) is 39.0 Å². The summed E-state index contributed by atoms with van der Waals surface area (Å²) in [5.41, 5.74) is 0. The first kappa shape index (κ1) is 13.7. The molecule has 0 amide bonds.